The van der Waals surface area contributed by atoms with E-state index in [4.69, 9.17) is 9.47 Å². The molecule has 2 aromatic carbocycles. The van der Waals surface area contributed by atoms with E-state index in [1.807, 2.05) is 11.8 Å². The molecule has 1 aromatic heterocycles. The minimum absolute atomic E-state index is 0.00666. The summed E-state index contributed by atoms with van der Waals surface area (Å²) in [5.41, 5.74) is 0.419. The summed E-state index contributed by atoms with van der Waals surface area (Å²) in [6.45, 7) is 3.65. The van der Waals surface area contributed by atoms with Crippen LogP contribution in [0, 0.1) is 0 Å². The Kier molecular flexibility index (Phi) is 9.06. The number of hydrogen-bond acceptors (Lipinski definition) is 6. The zero-order chi connectivity index (χ0) is 27.9. The average Bonchev–Trinajstić information content (AvgIpc) is 3.25. The Bertz CT molecular complexity index is 1450. The largest absolute Gasteiger partial charge is 0.493 e. The molecular weight excluding hydrogens is 500 g/mol. The van der Waals surface area contributed by atoms with Crippen molar-refractivity contribution in [3.8, 4) is 11.5 Å². The van der Waals surface area contributed by atoms with E-state index in [-0.39, 0.29) is 35.8 Å². The highest BCUT2D eigenvalue weighted by Gasteiger charge is 2.20. The molecule has 1 aliphatic heterocycles. The molecule has 1 aliphatic rings. The minimum atomic E-state index is -0.615. The van der Waals surface area contributed by atoms with Gasteiger partial charge < -0.3 is 19.7 Å². The molecule has 1 saturated heterocycles. The molecule has 39 heavy (non-hydrogen) atoms. The van der Waals surface area contributed by atoms with Crippen molar-refractivity contribution in [2.45, 2.75) is 52.1 Å². The van der Waals surface area contributed by atoms with Crippen LogP contribution in [0.5, 0.6) is 11.5 Å². The number of fused-ring (bicyclic) bond motifs is 1. The van der Waals surface area contributed by atoms with Gasteiger partial charge in [-0.1, -0.05) is 31.9 Å². The van der Waals surface area contributed by atoms with E-state index in [2.05, 4.69) is 5.32 Å². The zero-order valence-corrected chi connectivity index (χ0v) is 22.8. The van der Waals surface area contributed by atoms with Gasteiger partial charge in [0, 0.05) is 31.3 Å². The lowest BCUT2D eigenvalue weighted by atomic mass is 10.1. The number of hydrogen-bond donors (Lipinski definition) is 1. The monoisotopic (exact) mass is 536 g/mol. The Balaban J connectivity index is 1.72. The lowest BCUT2D eigenvalue weighted by molar-refractivity contribution is -0.121. The molecule has 1 N–H and O–H groups in total. The van der Waals surface area contributed by atoms with Gasteiger partial charge in [-0.2, -0.15) is 0 Å². The van der Waals surface area contributed by atoms with Crippen molar-refractivity contribution in [2.24, 2.45) is 0 Å². The quantitative estimate of drug-likeness (QED) is 0.450. The molecule has 3 aromatic rings. The lowest BCUT2D eigenvalue weighted by Crippen LogP contribution is -2.43. The van der Waals surface area contributed by atoms with E-state index in [1.54, 1.807) is 24.3 Å². The van der Waals surface area contributed by atoms with Gasteiger partial charge in [0.15, 0.2) is 11.5 Å². The maximum Gasteiger partial charge on any atom is 0.332 e. The fraction of sp³-hybridized carbons (Fsp3) is 0.448. The molecule has 10 heteroatoms. The van der Waals surface area contributed by atoms with Crippen molar-refractivity contribution < 1.29 is 19.1 Å². The van der Waals surface area contributed by atoms with Gasteiger partial charge in [0.05, 0.1) is 31.7 Å². The molecule has 208 valence electrons. The molecule has 0 radical (unpaired) electrons. The van der Waals surface area contributed by atoms with Crippen LogP contribution in [0.4, 0.5) is 0 Å². The highest BCUT2D eigenvalue weighted by atomic mass is 16.5. The Morgan fingerprint density at radius 2 is 1.54 bits per heavy atom. The van der Waals surface area contributed by atoms with Gasteiger partial charge in [-0.05, 0) is 43.0 Å². The summed E-state index contributed by atoms with van der Waals surface area (Å²) in [6.07, 6.45) is 5.05. The summed E-state index contributed by atoms with van der Waals surface area (Å²) >= 11 is 0. The van der Waals surface area contributed by atoms with Gasteiger partial charge in [0.1, 0.15) is 6.54 Å². The van der Waals surface area contributed by atoms with Crippen molar-refractivity contribution in [3.63, 3.8) is 0 Å². The number of nitrogens with zero attached hydrogens (tertiary/aromatic N) is 3. The van der Waals surface area contributed by atoms with Gasteiger partial charge in [-0.25, -0.2) is 4.79 Å². The van der Waals surface area contributed by atoms with Crippen molar-refractivity contribution in [1.29, 1.82) is 0 Å². The van der Waals surface area contributed by atoms with Crippen molar-refractivity contribution in [3.05, 3.63) is 68.4 Å². The maximum atomic E-state index is 13.6. The molecule has 0 bridgehead atoms. The Hall–Kier alpha value is -4.08. The van der Waals surface area contributed by atoms with Gasteiger partial charge in [-0.15, -0.1) is 0 Å². The molecule has 2 heterocycles. The van der Waals surface area contributed by atoms with Crippen LogP contribution in [0.3, 0.4) is 0 Å². The number of amides is 2. The molecule has 4 rings (SSSR count). The fourth-order valence-corrected chi connectivity index (χ4v) is 4.89. The van der Waals surface area contributed by atoms with Crippen molar-refractivity contribution >= 4 is 22.7 Å². The molecule has 0 atom stereocenters. The third-order valence-corrected chi connectivity index (χ3v) is 7.04. The van der Waals surface area contributed by atoms with Gasteiger partial charge in [0.25, 0.3) is 11.5 Å². The molecule has 0 saturated carbocycles. The van der Waals surface area contributed by atoms with Crippen LogP contribution < -0.4 is 26.0 Å². The first-order valence-corrected chi connectivity index (χ1v) is 13.4. The fourth-order valence-electron chi connectivity index (χ4n) is 4.89. The number of nitrogens with one attached hydrogen (secondary N) is 1. The van der Waals surface area contributed by atoms with E-state index in [1.165, 1.54) is 30.9 Å². The number of aromatic nitrogens is 2. The number of rotatable bonds is 9. The molecule has 0 unspecified atom stereocenters. The summed E-state index contributed by atoms with van der Waals surface area (Å²) < 4.78 is 13.1. The SMILES string of the molecule is CCCNC(=O)Cn1c(=O)n(Cc2ccc(C(=O)N3CCCCCC3)cc2)c(=O)c2cc(OC)c(OC)cc21. The third kappa shape index (κ3) is 6.16. The summed E-state index contributed by atoms with van der Waals surface area (Å²) in [6, 6.07) is 10.0. The predicted octanol–water partition coefficient (Wildman–Crippen LogP) is 2.77. The molecule has 0 aliphatic carbocycles. The first kappa shape index (κ1) is 27.9. The van der Waals surface area contributed by atoms with E-state index in [0.717, 1.165) is 49.8 Å². The summed E-state index contributed by atoms with van der Waals surface area (Å²) in [7, 11) is 2.92. The van der Waals surface area contributed by atoms with Crippen LogP contribution in [0.1, 0.15) is 54.9 Å². The molecule has 10 nitrogen and oxygen atoms in total. The third-order valence-electron chi connectivity index (χ3n) is 7.04. The van der Waals surface area contributed by atoms with Crippen LogP contribution in [0.2, 0.25) is 0 Å². The van der Waals surface area contributed by atoms with Crippen LogP contribution >= 0.6 is 0 Å². The normalized spacial score (nSPS) is 13.7. The van der Waals surface area contributed by atoms with Gasteiger partial charge in [0.2, 0.25) is 5.91 Å². The van der Waals surface area contributed by atoms with Crippen LogP contribution in [-0.2, 0) is 17.9 Å². The highest BCUT2D eigenvalue weighted by Crippen LogP contribution is 2.30. The van der Waals surface area contributed by atoms with Crippen molar-refractivity contribution in [1.82, 2.24) is 19.4 Å². The highest BCUT2D eigenvalue weighted by molar-refractivity contribution is 5.94. The number of likely N-dealkylation sites (tertiary alicyclic amines) is 1. The van der Waals surface area contributed by atoms with Crippen LogP contribution in [0.25, 0.3) is 10.9 Å². The first-order chi connectivity index (χ1) is 18.9. The Morgan fingerprint density at radius 3 is 2.15 bits per heavy atom. The second kappa shape index (κ2) is 12.6. The van der Waals surface area contributed by atoms with E-state index in [0.29, 0.717) is 29.2 Å². The van der Waals surface area contributed by atoms with Crippen molar-refractivity contribution in [2.75, 3.05) is 33.9 Å². The average molecular weight is 537 g/mol. The number of carbonyl (C=O) groups is 2. The number of carbonyl (C=O) groups excluding carboxylic acids is 2. The Morgan fingerprint density at radius 1 is 0.897 bits per heavy atom. The number of ether oxygens (including phenoxy) is 2. The Labute approximate surface area is 227 Å². The predicted molar refractivity (Wildman–Crippen MR) is 149 cm³/mol. The minimum Gasteiger partial charge on any atom is -0.493 e. The second-order valence-corrected chi connectivity index (χ2v) is 9.74. The summed E-state index contributed by atoms with van der Waals surface area (Å²) in [4.78, 5) is 54.6. The van der Waals surface area contributed by atoms with E-state index < -0.39 is 11.2 Å². The van der Waals surface area contributed by atoms with Gasteiger partial charge >= 0.3 is 5.69 Å². The lowest BCUT2D eigenvalue weighted by Gasteiger charge is -2.20. The number of benzene rings is 2. The summed E-state index contributed by atoms with van der Waals surface area (Å²) in [5.74, 6) is 0.337. The molecular formula is C29H36N4O6. The summed E-state index contributed by atoms with van der Waals surface area (Å²) in [5, 5.41) is 3.00. The van der Waals surface area contributed by atoms with Crippen LogP contribution in [0.15, 0.2) is 46.0 Å². The van der Waals surface area contributed by atoms with Gasteiger partial charge in [-0.3, -0.25) is 23.5 Å². The van der Waals surface area contributed by atoms with Crippen LogP contribution in [-0.4, -0.2) is 59.7 Å². The maximum absolute atomic E-state index is 13.6. The first-order valence-electron chi connectivity index (χ1n) is 13.4. The zero-order valence-electron chi connectivity index (χ0n) is 22.8. The molecule has 1 fully saturated rings. The topological polar surface area (TPSA) is 112 Å². The van der Waals surface area contributed by atoms with E-state index >= 15 is 0 Å². The second-order valence-electron chi connectivity index (χ2n) is 9.74. The van der Waals surface area contributed by atoms with E-state index in [9.17, 15) is 19.2 Å². The standard InChI is InChI=1S/C29H36N4O6/c1-4-13-30-26(34)19-32-23-17-25(39-3)24(38-2)16-22(23)28(36)33(29(32)37)18-20-9-11-21(12-10-20)27(35)31-14-7-5-6-8-15-31/h9-12,16-17H,4-8,13-15,18-19H2,1-3H3,(H,30,34). The number of methoxy groups -OCH3 is 2. The molecule has 0 spiro atoms. The molecule has 2 amide bonds. The smallest absolute Gasteiger partial charge is 0.332 e.